The van der Waals surface area contributed by atoms with Crippen LogP contribution < -0.4 is 16.6 Å². The number of rotatable bonds is 7. The van der Waals surface area contributed by atoms with Crippen molar-refractivity contribution in [3.8, 4) is 0 Å². The normalized spacial score (nSPS) is 12.6. The van der Waals surface area contributed by atoms with Crippen LogP contribution in [0, 0.1) is 12.8 Å². The van der Waals surface area contributed by atoms with Crippen LogP contribution in [0.2, 0.25) is 0 Å². The van der Waals surface area contributed by atoms with Gasteiger partial charge in [0.2, 0.25) is 0 Å². The van der Waals surface area contributed by atoms with E-state index >= 15 is 0 Å². The number of nitrogens with zero attached hydrogens (tertiary/aromatic N) is 2. The van der Waals surface area contributed by atoms with E-state index in [0.717, 1.165) is 36.5 Å². The van der Waals surface area contributed by atoms with Crippen LogP contribution in [-0.2, 0) is 6.42 Å². The average Bonchev–Trinajstić information content (AvgIpc) is 2.32. The summed E-state index contributed by atoms with van der Waals surface area (Å²) in [4.78, 5) is 9.02. The SMILES string of the molecule is CCCc1nc(NN)c(C)c(NC(C)CC(C)C)n1. The van der Waals surface area contributed by atoms with Gasteiger partial charge in [-0.15, -0.1) is 0 Å². The number of nitrogens with two attached hydrogens (primary N) is 1. The first-order chi connectivity index (χ1) is 8.97. The largest absolute Gasteiger partial charge is 0.367 e. The zero-order chi connectivity index (χ0) is 14.4. The van der Waals surface area contributed by atoms with Crippen molar-refractivity contribution < 1.29 is 0 Å². The van der Waals surface area contributed by atoms with Crippen LogP contribution in [0.5, 0.6) is 0 Å². The molecule has 0 saturated carbocycles. The minimum absolute atomic E-state index is 0.383. The summed E-state index contributed by atoms with van der Waals surface area (Å²) in [5.41, 5.74) is 3.63. The number of anilines is 2. The Labute approximate surface area is 116 Å². The molecule has 0 amide bonds. The molecule has 108 valence electrons. The number of hydrogen-bond acceptors (Lipinski definition) is 5. The van der Waals surface area contributed by atoms with Crippen molar-refractivity contribution in [2.24, 2.45) is 11.8 Å². The first kappa shape index (κ1) is 15.7. The Morgan fingerprint density at radius 2 is 1.79 bits per heavy atom. The second-order valence-corrected chi connectivity index (χ2v) is 5.53. The van der Waals surface area contributed by atoms with Crippen LogP contribution in [0.25, 0.3) is 0 Å². The van der Waals surface area contributed by atoms with Crippen molar-refractivity contribution in [2.75, 3.05) is 10.7 Å². The molecule has 0 fully saturated rings. The highest BCUT2D eigenvalue weighted by molar-refractivity contribution is 5.57. The van der Waals surface area contributed by atoms with Crippen molar-refractivity contribution in [1.82, 2.24) is 9.97 Å². The van der Waals surface area contributed by atoms with Gasteiger partial charge in [0.15, 0.2) is 0 Å². The number of aromatic nitrogens is 2. The third-order valence-electron chi connectivity index (χ3n) is 3.01. The molecule has 0 aromatic carbocycles. The van der Waals surface area contributed by atoms with E-state index in [1.54, 1.807) is 0 Å². The lowest BCUT2D eigenvalue weighted by Gasteiger charge is -2.19. The Hall–Kier alpha value is -1.36. The molecule has 19 heavy (non-hydrogen) atoms. The molecule has 1 heterocycles. The summed E-state index contributed by atoms with van der Waals surface area (Å²) in [7, 11) is 0. The molecule has 1 aromatic rings. The highest BCUT2D eigenvalue weighted by atomic mass is 15.3. The van der Waals surface area contributed by atoms with E-state index in [-0.39, 0.29) is 0 Å². The zero-order valence-corrected chi connectivity index (χ0v) is 12.7. The van der Waals surface area contributed by atoms with Gasteiger partial charge < -0.3 is 10.7 Å². The first-order valence-corrected chi connectivity index (χ1v) is 7.08. The number of aryl methyl sites for hydroxylation is 1. The van der Waals surface area contributed by atoms with E-state index in [1.165, 1.54) is 0 Å². The molecular formula is C14H27N5. The molecule has 0 radical (unpaired) electrons. The van der Waals surface area contributed by atoms with E-state index < -0.39 is 0 Å². The molecule has 0 bridgehead atoms. The predicted octanol–water partition coefficient (Wildman–Crippen LogP) is 2.87. The lowest BCUT2D eigenvalue weighted by molar-refractivity contribution is 0.538. The van der Waals surface area contributed by atoms with Crippen molar-refractivity contribution in [3.63, 3.8) is 0 Å². The monoisotopic (exact) mass is 265 g/mol. The van der Waals surface area contributed by atoms with E-state index in [0.29, 0.717) is 17.8 Å². The van der Waals surface area contributed by atoms with Crippen molar-refractivity contribution in [1.29, 1.82) is 0 Å². The molecule has 4 N–H and O–H groups in total. The molecule has 0 saturated heterocycles. The van der Waals surface area contributed by atoms with Crippen LogP contribution in [0.3, 0.4) is 0 Å². The van der Waals surface area contributed by atoms with E-state index in [1.807, 2.05) is 6.92 Å². The van der Waals surface area contributed by atoms with Gasteiger partial charge in [0.05, 0.1) is 0 Å². The highest BCUT2D eigenvalue weighted by Gasteiger charge is 2.12. The third kappa shape index (κ3) is 4.67. The Morgan fingerprint density at radius 1 is 1.16 bits per heavy atom. The van der Waals surface area contributed by atoms with Crippen LogP contribution in [0.4, 0.5) is 11.6 Å². The Morgan fingerprint density at radius 3 is 2.32 bits per heavy atom. The fourth-order valence-corrected chi connectivity index (χ4v) is 2.18. The minimum atomic E-state index is 0.383. The summed E-state index contributed by atoms with van der Waals surface area (Å²) in [6.45, 7) is 10.7. The molecular weight excluding hydrogens is 238 g/mol. The standard InChI is InChI=1S/C14H27N5/c1-6-7-12-17-13(11(5)14(18-12)19-15)16-10(4)8-9(2)3/h9-10H,6-8,15H2,1-5H3,(H2,16,17,18,19). The fraction of sp³-hybridized carbons (Fsp3) is 0.714. The summed E-state index contributed by atoms with van der Waals surface area (Å²) >= 11 is 0. The van der Waals surface area contributed by atoms with Gasteiger partial charge in [-0.2, -0.15) is 0 Å². The average molecular weight is 265 g/mol. The van der Waals surface area contributed by atoms with Crippen molar-refractivity contribution >= 4 is 11.6 Å². The summed E-state index contributed by atoms with van der Waals surface area (Å²) in [5.74, 6) is 8.62. The third-order valence-corrected chi connectivity index (χ3v) is 3.01. The van der Waals surface area contributed by atoms with E-state index in [4.69, 9.17) is 5.84 Å². The summed E-state index contributed by atoms with van der Waals surface area (Å²) in [6.07, 6.45) is 2.99. The van der Waals surface area contributed by atoms with Crippen LogP contribution in [0.1, 0.15) is 51.9 Å². The maximum Gasteiger partial charge on any atom is 0.148 e. The Balaban J connectivity index is 2.94. The summed E-state index contributed by atoms with van der Waals surface area (Å²) in [6, 6.07) is 0.383. The molecule has 0 aliphatic heterocycles. The van der Waals surface area contributed by atoms with Gasteiger partial charge in [-0.1, -0.05) is 20.8 Å². The van der Waals surface area contributed by atoms with Crippen LogP contribution in [0.15, 0.2) is 0 Å². The van der Waals surface area contributed by atoms with Crippen molar-refractivity contribution in [2.45, 2.75) is 59.9 Å². The molecule has 0 aliphatic rings. The van der Waals surface area contributed by atoms with Gasteiger partial charge in [-0.05, 0) is 32.6 Å². The van der Waals surface area contributed by atoms with Gasteiger partial charge >= 0.3 is 0 Å². The van der Waals surface area contributed by atoms with E-state index in [2.05, 4.69) is 48.4 Å². The Kier molecular flexibility index (Phi) is 6.02. The first-order valence-electron chi connectivity index (χ1n) is 7.08. The van der Waals surface area contributed by atoms with Crippen LogP contribution in [-0.4, -0.2) is 16.0 Å². The van der Waals surface area contributed by atoms with Gasteiger partial charge in [-0.25, -0.2) is 15.8 Å². The number of nitrogens with one attached hydrogen (secondary N) is 2. The smallest absolute Gasteiger partial charge is 0.148 e. The fourth-order valence-electron chi connectivity index (χ4n) is 2.18. The zero-order valence-electron chi connectivity index (χ0n) is 12.7. The molecule has 5 nitrogen and oxygen atoms in total. The topological polar surface area (TPSA) is 75.9 Å². The summed E-state index contributed by atoms with van der Waals surface area (Å²) in [5, 5.41) is 3.47. The maximum absolute atomic E-state index is 5.53. The molecule has 0 aliphatic carbocycles. The summed E-state index contributed by atoms with van der Waals surface area (Å²) < 4.78 is 0. The number of nitrogen functional groups attached to an aromatic ring is 1. The Bertz CT molecular complexity index is 403. The molecule has 1 unspecified atom stereocenters. The predicted molar refractivity (Wildman–Crippen MR) is 81.1 cm³/mol. The van der Waals surface area contributed by atoms with Gasteiger partial charge in [0.1, 0.15) is 17.5 Å². The minimum Gasteiger partial charge on any atom is -0.367 e. The van der Waals surface area contributed by atoms with Crippen molar-refractivity contribution in [3.05, 3.63) is 11.4 Å². The van der Waals surface area contributed by atoms with Gasteiger partial charge in [-0.3, -0.25) is 0 Å². The van der Waals surface area contributed by atoms with Crippen LogP contribution >= 0.6 is 0 Å². The molecule has 1 aromatic heterocycles. The molecule has 5 heteroatoms. The van der Waals surface area contributed by atoms with Gasteiger partial charge in [0.25, 0.3) is 0 Å². The molecule has 1 atom stereocenters. The van der Waals surface area contributed by atoms with E-state index in [9.17, 15) is 0 Å². The maximum atomic E-state index is 5.53. The number of hydrazine groups is 1. The lowest BCUT2D eigenvalue weighted by atomic mass is 10.1. The lowest BCUT2D eigenvalue weighted by Crippen LogP contribution is -2.21. The molecule has 0 spiro atoms. The van der Waals surface area contributed by atoms with Gasteiger partial charge in [0, 0.05) is 18.0 Å². The molecule has 1 rings (SSSR count). The quantitative estimate of drug-likeness (QED) is 0.522. The second kappa shape index (κ2) is 7.28. The highest BCUT2D eigenvalue weighted by Crippen LogP contribution is 2.21. The number of hydrogen-bond donors (Lipinski definition) is 3. The second-order valence-electron chi connectivity index (χ2n) is 5.53.